The van der Waals surface area contributed by atoms with Crippen LogP contribution in [0.25, 0.3) is 0 Å². The molecule has 0 aromatic heterocycles. The molecule has 0 heterocycles. The van der Waals surface area contributed by atoms with Crippen LogP contribution in [0, 0.1) is 0 Å². The Morgan fingerprint density at radius 3 is 2.43 bits per heavy atom. The molecule has 2 rings (SSSR count). The van der Waals surface area contributed by atoms with E-state index in [0.29, 0.717) is 6.04 Å². The monoisotopic (exact) mass is 190 g/mol. The number of rotatable bonds is 3. The molecular weight excluding hydrogens is 176 g/mol. The number of carbonyl (C=O) groups excluding carboxylic acids is 1. The van der Waals surface area contributed by atoms with E-state index < -0.39 is 0 Å². The molecule has 3 N–H and O–H groups in total. The van der Waals surface area contributed by atoms with Crippen LogP contribution >= 0.6 is 0 Å². The highest BCUT2D eigenvalue weighted by Crippen LogP contribution is 2.21. The molecule has 1 amide bonds. The Kier molecular flexibility index (Phi) is 2.50. The molecule has 14 heavy (non-hydrogen) atoms. The SMILES string of the molecule is NC(=O)CNC1Cc2ccccc2C1. The van der Waals surface area contributed by atoms with Gasteiger partial charge >= 0.3 is 0 Å². The van der Waals surface area contributed by atoms with Crippen LogP contribution in [0.5, 0.6) is 0 Å². The summed E-state index contributed by atoms with van der Waals surface area (Å²) in [4.78, 5) is 10.6. The van der Waals surface area contributed by atoms with Gasteiger partial charge in [0.25, 0.3) is 0 Å². The molecule has 1 aromatic carbocycles. The van der Waals surface area contributed by atoms with Gasteiger partial charge in [0.2, 0.25) is 5.91 Å². The van der Waals surface area contributed by atoms with E-state index in [1.165, 1.54) is 11.1 Å². The molecule has 0 unspecified atom stereocenters. The summed E-state index contributed by atoms with van der Waals surface area (Å²) in [5.74, 6) is -0.291. The number of nitrogens with two attached hydrogens (primary N) is 1. The summed E-state index contributed by atoms with van der Waals surface area (Å²) < 4.78 is 0. The fourth-order valence-electron chi connectivity index (χ4n) is 1.95. The Morgan fingerprint density at radius 2 is 1.93 bits per heavy atom. The molecule has 0 radical (unpaired) electrons. The minimum atomic E-state index is -0.291. The Balaban J connectivity index is 1.95. The molecule has 0 saturated carbocycles. The normalized spacial score (nSPS) is 15.4. The van der Waals surface area contributed by atoms with Gasteiger partial charge in [0, 0.05) is 6.04 Å². The van der Waals surface area contributed by atoms with Crippen molar-refractivity contribution in [3.63, 3.8) is 0 Å². The van der Waals surface area contributed by atoms with E-state index in [-0.39, 0.29) is 12.5 Å². The van der Waals surface area contributed by atoms with E-state index in [1.807, 2.05) is 0 Å². The molecule has 3 heteroatoms. The number of benzene rings is 1. The van der Waals surface area contributed by atoms with Crippen LogP contribution in [0.15, 0.2) is 24.3 Å². The van der Waals surface area contributed by atoms with Crippen molar-refractivity contribution < 1.29 is 4.79 Å². The van der Waals surface area contributed by atoms with Crippen molar-refractivity contribution in [3.8, 4) is 0 Å². The van der Waals surface area contributed by atoms with Crippen molar-refractivity contribution in [2.24, 2.45) is 5.73 Å². The van der Waals surface area contributed by atoms with Gasteiger partial charge in [-0.3, -0.25) is 4.79 Å². The minimum Gasteiger partial charge on any atom is -0.369 e. The Labute approximate surface area is 83.3 Å². The molecule has 1 aliphatic rings. The summed E-state index contributed by atoms with van der Waals surface area (Å²) in [5, 5.41) is 3.15. The van der Waals surface area contributed by atoms with Crippen LogP contribution < -0.4 is 11.1 Å². The van der Waals surface area contributed by atoms with Crippen molar-refractivity contribution >= 4 is 5.91 Å². The summed E-state index contributed by atoms with van der Waals surface area (Å²) in [6.45, 7) is 0.276. The zero-order valence-corrected chi connectivity index (χ0v) is 7.99. The van der Waals surface area contributed by atoms with Crippen LogP contribution in [0.1, 0.15) is 11.1 Å². The zero-order valence-electron chi connectivity index (χ0n) is 7.99. The van der Waals surface area contributed by atoms with Crippen LogP contribution in [-0.2, 0) is 17.6 Å². The fraction of sp³-hybridized carbons (Fsp3) is 0.364. The molecule has 0 saturated heterocycles. The van der Waals surface area contributed by atoms with E-state index in [4.69, 9.17) is 5.73 Å². The lowest BCUT2D eigenvalue weighted by molar-refractivity contribution is -0.117. The van der Waals surface area contributed by atoms with E-state index >= 15 is 0 Å². The van der Waals surface area contributed by atoms with Crippen LogP contribution in [0.4, 0.5) is 0 Å². The van der Waals surface area contributed by atoms with Crippen LogP contribution in [0.3, 0.4) is 0 Å². The maximum atomic E-state index is 10.6. The zero-order chi connectivity index (χ0) is 9.97. The average molecular weight is 190 g/mol. The molecule has 0 aliphatic heterocycles. The first-order valence-electron chi connectivity index (χ1n) is 4.84. The van der Waals surface area contributed by atoms with Gasteiger partial charge in [-0.2, -0.15) is 0 Å². The van der Waals surface area contributed by atoms with Crippen molar-refractivity contribution in [2.45, 2.75) is 18.9 Å². The first kappa shape index (κ1) is 9.21. The lowest BCUT2D eigenvalue weighted by Gasteiger charge is -2.09. The number of primary amides is 1. The molecule has 3 nitrogen and oxygen atoms in total. The second kappa shape index (κ2) is 3.80. The first-order valence-corrected chi connectivity index (χ1v) is 4.84. The lowest BCUT2D eigenvalue weighted by Crippen LogP contribution is -2.36. The predicted molar refractivity (Wildman–Crippen MR) is 54.8 cm³/mol. The summed E-state index contributed by atoms with van der Waals surface area (Å²) in [5.41, 5.74) is 7.84. The number of amides is 1. The van der Waals surface area contributed by atoms with Gasteiger partial charge in [-0.25, -0.2) is 0 Å². The first-order chi connectivity index (χ1) is 6.75. The molecule has 74 valence electrons. The third-order valence-corrected chi connectivity index (χ3v) is 2.62. The van der Waals surface area contributed by atoms with E-state index in [0.717, 1.165) is 12.8 Å². The average Bonchev–Trinajstić information content (AvgIpc) is 2.57. The van der Waals surface area contributed by atoms with Crippen molar-refractivity contribution in [3.05, 3.63) is 35.4 Å². The summed E-state index contributed by atoms with van der Waals surface area (Å²) >= 11 is 0. The second-order valence-electron chi connectivity index (χ2n) is 3.72. The Morgan fingerprint density at radius 1 is 1.36 bits per heavy atom. The molecule has 1 aliphatic carbocycles. The number of nitrogens with one attached hydrogen (secondary N) is 1. The highest BCUT2D eigenvalue weighted by atomic mass is 16.1. The van der Waals surface area contributed by atoms with Gasteiger partial charge in [-0.15, -0.1) is 0 Å². The predicted octanol–water partition coefficient (Wildman–Crippen LogP) is 0.229. The fourth-order valence-corrected chi connectivity index (χ4v) is 1.95. The summed E-state index contributed by atoms with van der Waals surface area (Å²) in [7, 11) is 0. The van der Waals surface area contributed by atoms with E-state index in [2.05, 4.69) is 29.6 Å². The highest BCUT2D eigenvalue weighted by molar-refractivity contribution is 5.75. The maximum Gasteiger partial charge on any atom is 0.231 e. The Bertz CT molecular complexity index is 324. The van der Waals surface area contributed by atoms with Gasteiger partial charge in [0.1, 0.15) is 0 Å². The van der Waals surface area contributed by atoms with Gasteiger partial charge in [-0.1, -0.05) is 24.3 Å². The van der Waals surface area contributed by atoms with E-state index in [9.17, 15) is 4.79 Å². The number of hydrogen-bond acceptors (Lipinski definition) is 2. The molecule has 0 spiro atoms. The van der Waals surface area contributed by atoms with E-state index in [1.54, 1.807) is 0 Å². The van der Waals surface area contributed by atoms with Crippen LogP contribution in [0.2, 0.25) is 0 Å². The number of fused-ring (bicyclic) bond motifs is 1. The topological polar surface area (TPSA) is 55.1 Å². The Hall–Kier alpha value is -1.35. The second-order valence-corrected chi connectivity index (χ2v) is 3.72. The van der Waals surface area contributed by atoms with Crippen molar-refractivity contribution in [1.29, 1.82) is 0 Å². The van der Waals surface area contributed by atoms with Gasteiger partial charge in [-0.05, 0) is 24.0 Å². The largest absolute Gasteiger partial charge is 0.369 e. The maximum absolute atomic E-state index is 10.6. The molecule has 0 bridgehead atoms. The van der Waals surface area contributed by atoms with Gasteiger partial charge in [0.05, 0.1) is 6.54 Å². The summed E-state index contributed by atoms with van der Waals surface area (Å²) in [6.07, 6.45) is 2.01. The molecule has 0 fully saturated rings. The van der Waals surface area contributed by atoms with Crippen molar-refractivity contribution in [2.75, 3.05) is 6.54 Å². The minimum absolute atomic E-state index is 0.276. The number of hydrogen-bond donors (Lipinski definition) is 2. The third-order valence-electron chi connectivity index (χ3n) is 2.62. The van der Waals surface area contributed by atoms with Gasteiger partial charge < -0.3 is 11.1 Å². The third kappa shape index (κ3) is 1.93. The quantitative estimate of drug-likeness (QED) is 0.716. The van der Waals surface area contributed by atoms with Gasteiger partial charge in [0.15, 0.2) is 0 Å². The highest BCUT2D eigenvalue weighted by Gasteiger charge is 2.20. The van der Waals surface area contributed by atoms with Crippen molar-refractivity contribution in [1.82, 2.24) is 5.32 Å². The lowest BCUT2D eigenvalue weighted by atomic mass is 10.1. The standard InChI is InChI=1S/C11H14N2O/c12-11(14)7-13-10-5-8-3-1-2-4-9(8)6-10/h1-4,10,13H,5-7H2,(H2,12,14). The molecule has 1 aromatic rings. The number of carbonyl (C=O) groups is 1. The summed E-state index contributed by atoms with van der Waals surface area (Å²) in [6, 6.07) is 8.76. The smallest absolute Gasteiger partial charge is 0.231 e. The molecule has 0 atom stereocenters. The molecular formula is C11H14N2O. The van der Waals surface area contributed by atoms with Crippen LogP contribution in [-0.4, -0.2) is 18.5 Å².